The summed E-state index contributed by atoms with van der Waals surface area (Å²) in [5.41, 5.74) is 1.67. The molecule has 1 aliphatic rings. The molecule has 2 aromatic rings. The lowest BCUT2D eigenvalue weighted by atomic mass is 9.89. The van der Waals surface area contributed by atoms with E-state index >= 15 is 0 Å². The molecule has 3 atom stereocenters. The molecule has 2 N–H and O–H groups in total. The summed E-state index contributed by atoms with van der Waals surface area (Å²) in [4.78, 5) is 27.4. The molecule has 0 bridgehead atoms. The average Bonchev–Trinajstić information content (AvgIpc) is 2.78. The van der Waals surface area contributed by atoms with Crippen molar-refractivity contribution in [3.63, 3.8) is 0 Å². The molecule has 30 heavy (non-hydrogen) atoms. The number of carbonyl (C=O) groups excluding carboxylic acids is 2. The van der Waals surface area contributed by atoms with Crippen molar-refractivity contribution in [2.75, 3.05) is 25.7 Å². The SMILES string of the molecule is C=CCN[C@H](C(=O)NCc1ccccc1)[C@H]1[C@@H](OC)C(=O)N1c1ccc(OC)cc1. The fourth-order valence-electron chi connectivity index (χ4n) is 3.56. The Balaban J connectivity index is 1.81. The van der Waals surface area contributed by atoms with Crippen molar-refractivity contribution in [2.24, 2.45) is 0 Å². The number of carbonyl (C=O) groups is 2. The Morgan fingerprint density at radius 1 is 1.17 bits per heavy atom. The summed E-state index contributed by atoms with van der Waals surface area (Å²) in [5.74, 6) is 0.293. The third kappa shape index (κ3) is 4.53. The zero-order chi connectivity index (χ0) is 21.5. The molecule has 3 rings (SSSR count). The van der Waals surface area contributed by atoms with Gasteiger partial charge >= 0.3 is 0 Å². The van der Waals surface area contributed by atoms with E-state index in [-0.39, 0.29) is 11.8 Å². The normalized spacial score (nSPS) is 19.0. The van der Waals surface area contributed by atoms with Crippen LogP contribution in [-0.4, -0.2) is 50.8 Å². The maximum atomic E-state index is 13.1. The van der Waals surface area contributed by atoms with Crippen LogP contribution in [0.3, 0.4) is 0 Å². The third-order valence-electron chi connectivity index (χ3n) is 5.11. The Labute approximate surface area is 176 Å². The molecule has 0 aliphatic carbocycles. The average molecular weight is 409 g/mol. The molecule has 1 heterocycles. The van der Waals surface area contributed by atoms with Gasteiger partial charge in [-0.1, -0.05) is 36.4 Å². The lowest BCUT2D eigenvalue weighted by molar-refractivity contribution is -0.142. The highest BCUT2D eigenvalue weighted by Crippen LogP contribution is 2.33. The van der Waals surface area contributed by atoms with Crippen molar-refractivity contribution in [1.82, 2.24) is 10.6 Å². The van der Waals surface area contributed by atoms with E-state index in [1.54, 1.807) is 42.4 Å². The summed E-state index contributed by atoms with van der Waals surface area (Å²) >= 11 is 0. The van der Waals surface area contributed by atoms with Gasteiger partial charge in [-0.05, 0) is 29.8 Å². The first-order valence-electron chi connectivity index (χ1n) is 9.76. The maximum absolute atomic E-state index is 13.1. The summed E-state index contributed by atoms with van der Waals surface area (Å²) in [6.07, 6.45) is 0.967. The van der Waals surface area contributed by atoms with Gasteiger partial charge < -0.3 is 25.0 Å². The van der Waals surface area contributed by atoms with Crippen molar-refractivity contribution < 1.29 is 19.1 Å². The molecule has 1 fully saturated rings. The van der Waals surface area contributed by atoms with Gasteiger partial charge in [0.1, 0.15) is 11.8 Å². The number of hydrogen-bond acceptors (Lipinski definition) is 5. The molecule has 0 radical (unpaired) electrons. The summed E-state index contributed by atoms with van der Waals surface area (Å²) in [7, 11) is 3.06. The van der Waals surface area contributed by atoms with Crippen LogP contribution in [0.1, 0.15) is 5.56 Å². The smallest absolute Gasteiger partial charge is 0.258 e. The monoisotopic (exact) mass is 409 g/mol. The number of amides is 2. The van der Waals surface area contributed by atoms with Gasteiger partial charge in [-0.3, -0.25) is 9.59 Å². The van der Waals surface area contributed by atoms with Gasteiger partial charge in [0.15, 0.2) is 6.10 Å². The van der Waals surface area contributed by atoms with E-state index in [1.807, 2.05) is 30.3 Å². The molecular weight excluding hydrogens is 382 g/mol. The molecule has 0 spiro atoms. The number of methoxy groups -OCH3 is 2. The fraction of sp³-hybridized carbons (Fsp3) is 0.304. The number of anilines is 1. The van der Waals surface area contributed by atoms with Gasteiger partial charge in [0.05, 0.1) is 13.2 Å². The van der Waals surface area contributed by atoms with Crippen molar-refractivity contribution >= 4 is 17.5 Å². The van der Waals surface area contributed by atoms with Crippen LogP contribution in [0.15, 0.2) is 67.3 Å². The summed E-state index contributed by atoms with van der Waals surface area (Å²) in [6.45, 7) is 4.53. The molecule has 0 unspecified atom stereocenters. The Morgan fingerprint density at radius 2 is 1.87 bits per heavy atom. The Kier molecular flexibility index (Phi) is 7.21. The zero-order valence-electron chi connectivity index (χ0n) is 17.2. The van der Waals surface area contributed by atoms with Crippen LogP contribution in [0.5, 0.6) is 5.75 Å². The molecule has 7 nitrogen and oxygen atoms in total. The Hall–Kier alpha value is -3.16. The van der Waals surface area contributed by atoms with E-state index in [0.717, 1.165) is 5.56 Å². The van der Waals surface area contributed by atoms with Crippen molar-refractivity contribution in [3.05, 3.63) is 72.8 Å². The zero-order valence-corrected chi connectivity index (χ0v) is 17.2. The van der Waals surface area contributed by atoms with E-state index in [9.17, 15) is 9.59 Å². The van der Waals surface area contributed by atoms with Crippen LogP contribution in [0.4, 0.5) is 5.69 Å². The molecule has 1 aliphatic heterocycles. The second kappa shape index (κ2) is 10.0. The van der Waals surface area contributed by atoms with Crippen molar-refractivity contribution in [2.45, 2.75) is 24.7 Å². The molecular formula is C23H27N3O4. The number of ether oxygens (including phenoxy) is 2. The second-order valence-corrected chi connectivity index (χ2v) is 6.93. The van der Waals surface area contributed by atoms with Crippen LogP contribution in [-0.2, 0) is 20.9 Å². The highest BCUT2D eigenvalue weighted by molar-refractivity contribution is 6.07. The molecule has 7 heteroatoms. The van der Waals surface area contributed by atoms with Gasteiger partial charge in [0.25, 0.3) is 5.91 Å². The number of rotatable bonds is 10. The molecule has 2 aromatic carbocycles. The first kappa shape index (κ1) is 21.5. The first-order valence-corrected chi connectivity index (χ1v) is 9.76. The second-order valence-electron chi connectivity index (χ2n) is 6.93. The van der Waals surface area contributed by atoms with Crippen LogP contribution in [0.2, 0.25) is 0 Å². The highest BCUT2D eigenvalue weighted by Gasteiger charge is 2.54. The number of nitrogens with zero attached hydrogens (tertiary/aromatic N) is 1. The molecule has 158 valence electrons. The van der Waals surface area contributed by atoms with Crippen LogP contribution >= 0.6 is 0 Å². The van der Waals surface area contributed by atoms with E-state index in [0.29, 0.717) is 24.5 Å². The first-order chi connectivity index (χ1) is 14.6. The Bertz CT molecular complexity index is 870. The molecule has 0 saturated carbocycles. The van der Waals surface area contributed by atoms with Gasteiger partial charge in [0.2, 0.25) is 5.91 Å². The quantitative estimate of drug-likeness (QED) is 0.463. The summed E-state index contributed by atoms with van der Waals surface area (Å²) in [6, 6.07) is 15.6. The molecule has 1 saturated heterocycles. The topological polar surface area (TPSA) is 79.9 Å². The number of nitrogens with one attached hydrogen (secondary N) is 2. The van der Waals surface area contributed by atoms with E-state index in [1.165, 1.54) is 7.11 Å². The standard InChI is InChI=1S/C23H27N3O4/c1-4-14-24-19(22(27)25-15-16-8-6-5-7-9-16)20-21(30-3)23(28)26(20)17-10-12-18(29-2)13-11-17/h4-13,19-21,24H,1,14-15H2,2-3H3,(H,25,27)/t19-,20-,21+/m0/s1. The minimum atomic E-state index is -0.711. The van der Waals surface area contributed by atoms with Gasteiger partial charge in [-0.2, -0.15) is 0 Å². The summed E-state index contributed by atoms with van der Waals surface area (Å²) < 4.78 is 10.6. The van der Waals surface area contributed by atoms with Gasteiger partial charge in [-0.25, -0.2) is 0 Å². The number of β-lactam (4-membered cyclic amide) rings is 1. The van der Waals surface area contributed by atoms with Crippen LogP contribution < -0.4 is 20.3 Å². The largest absolute Gasteiger partial charge is 0.497 e. The predicted molar refractivity (Wildman–Crippen MR) is 115 cm³/mol. The maximum Gasteiger partial charge on any atom is 0.258 e. The fourth-order valence-corrected chi connectivity index (χ4v) is 3.56. The lowest BCUT2D eigenvalue weighted by Crippen LogP contribution is -2.74. The minimum absolute atomic E-state index is 0.186. The number of hydrogen-bond donors (Lipinski definition) is 2. The van der Waals surface area contributed by atoms with Crippen molar-refractivity contribution in [3.8, 4) is 5.75 Å². The van der Waals surface area contributed by atoms with Crippen LogP contribution in [0.25, 0.3) is 0 Å². The highest BCUT2D eigenvalue weighted by atomic mass is 16.5. The molecule has 2 amide bonds. The van der Waals surface area contributed by atoms with E-state index in [4.69, 9.17) is 9.47 Å². The summed E-state index contributed by atoms with van der Waals surface area (Å²) in [5, 5.41) is 6.14. The Morgan fingerprint density at radius 3 is 2.47 bits per heavy atom. The van der Waals surface area contributed by atoms with Crippen LogP contribution in [0, 0.1) is 0 Å². The van der Waals surface area contributed by atoms with E-state index < -0.39 is 18.2 Å². The van der Waals surface area contributed by atoms with Gasteiger partial charge in [0, 0.05) is 25.9 Å². The number of benzene rings is 2. The minimum Gasteiger partial charge on any atom is -0.497 e. The lowest BCUT2D eigenvalue weighted by Gasteiger charge is -2.49. The predicted octanol–water partition coefficient (Wildman–Crippen LogP) is 1.89. The van der Waals surface area contributed by atoms with Crippen molar-refractivity contribution in [1.29, 1.82) is 0 Å². The van der Waals surface area contributed by atoms with E-state index in [2.05, 4.69) is 17.2 Å². The molecule has 0 aromatic heterocycles. The van der Waals surface area contributed by atoms with Gasteiger partial charge in [-0.15, -0.1) is 6.58 Å². The third-order valence-corrected chi connectivity index (χ3v) is 5.11.